The van der Waals surface area contributed by atoms with E-state index in [0.29, 0.717) is 12.1 Å². The first-order valence-electron chi connectivity index (χ1n) is 10.5. The summed E-state index contributed by atoms with van der Waals surface area (Å²) < 4.78 is 39.1. The minimum Gasteiger partial charge on any atom is -0.355 e. The molecule has 0 bridgehead atoms. The fraction of sp³-hybridized carbons (Fsp3) is 0.364. The number of carbonyl (C=O) groups excluding carboxylic acids is 2. The lowest BCUT2D eigenvalue weighted by molar-refractivity contribution is -0.384. The van der Waals surface area contributed by atoms with Crippen LogP contribution < -0.4 is 9.62 Å². The summed E-state index contributed by atoms with van der Waals surface area (Å²) in [5.74, 6) is -1.58. The highest BCUT2D eigenvalue weighted by molar-refractivity contribution is 7.92. The first kappa shape index (κ1) is 26.7. The molecular weight excluding hydrogens is 467 g/mol. The van der Waals surface area contributed by atoms with Crippen LogP contribution in [0.2, 0.25) is 0 Å². The number of benzene rings is 2. The Kier molecular flexibility index (Phi) is 9.07. The maximum Gasteiger partial charge on any atom is 0.271 e. The minimum atomic E-state index is -4.02. The van der Waals surface area contributed by atoms with E-state index in [0.717, 1.165) is 16.6 Å². The van der Waals surface area contributed by atoms with Crippen molar-refractivity contribution < 1.29 is 27.3 Å². The number of non-ortho nitro benzene ring substituents is 1. The van der Waals surface area contributed by atoms with Crippen molar-refractivity contribution in [2.24, 2.45) is 0 Å². The highest BCUT2D eigenvalue weighted by Crippen LogP contribution is 2.24. The molecule has 10 nitrogen and oxygen atoms in total. The van der Waals surface area contributed by atoms with Crippen LogP contribution in [0.25, 0.3) is 0 Å². The monoisotopic (exact) mass is 494 g/mol. The second-order valence-electron chi connectivity index (χ2n) is 7.51. The zero-order valence-corrected chi connectivity index (χ0v) is 19.9. The molecule has 0 saturated heterocycles. The molecule has 1 atom stereocenters. The van der Waals surface area contributed by atoms with E-state index in [9.17, 15) is 32.5 Å². The molecule has 0 spiro atoms. The molecule has 0 radical (unpaired) electrons. The normalized spacial score (nSPS) is 12.0. The van der Waals surface area contributed by atoms with Crippen molar-refractivity contribution in [1.82, 2.24) is 10.2 Å². The Morgan fingerprint density at radius 1 is 1.15 bits per heavy atom. The molecule has 34 heavy (non-hydrogen) atoms. The van der Waals surface area contributed by atoms with Crippen molar-refractivity contribution in [2.75, 3.05) is 23.7 Å². The van der Waals surface area contributed by atoms with E-state index in [-0.39, 0.29) is 24.3 Å². The number of amides is 2. The number of halogens is 1. The maximum absolute atomic E-state index is 13.4. The van der Waals surface area contributed by atoms with E-state index >= 15 is 0 Å². The summed E-state index contributed by atoms with van der Waals surface area (Å²) in [6.45, 7) is 3.01. The molecule has 0 unspecified atom stereocenters. The van der Waals surface area contributed by atoms with E-state index in [1.165, 1.54) is 47.4 Å². The fourth-order valence-corrected chi connectivity index (χ4v) is 4.21. The topological polar surface area (TPSA) is 130 Å². The van der Waals surface area contributed by atoms with E-state index in [2.05, 4.69) is 5.32 Å². The van der Waals surface area contributed by atoms with Gasteiger partial charge in [0.15, 0.2) is 0 Å². The van der Waals surface area contributed by atoms with Crippen LogP contribution in [0.1, 0.15) is 25.8 Å². The van der Waals surface area contributed by atoms with Crippen molar-refractivity contribution >= 4 is 33.2 Å². The average Bonchev–Trinajstić information content (AvgIpc) is 2.78. The molecule has 2 amide bonds. The first-order chi connectivity index (χ1) is 16.0. The van der Waals surface area contributed by atoms with Crippen LogP contribution in [0.3, 0.4) is 0 Å². The highest BCUT2D eigenvalue weighted by Gasteiger charge is 2.31. The Labute approximate surface area is 197 Å². The number of likely N-dealkylation sites (N-methyl/N-ethyl adjacent to an activating group) is 1. The summed E-state index contributed by atoms with van der Waals surface area (Å²) in [7, 11) is -4.02. The zero-order valence-electron chi connectivity index (χ0n) is 19.1. The number of carbonyl (C=O) groups is 2. The zero-order chi connectivity index (χ0) is 25.5. The molecule has 0 aliphatic rings. The van der Waals surface area contributed by atoms with E-state index in [1.54, 1.807) is 13.8 Å². The van der Waals surface area contributed by atoms with Crippen LogP contribution in [0, 0.1) is 15.9 Å². The molecule has 12 heteroatoms. The van der Waals surface area contributed by atoms with E-state index < -0.39 is 45.2 Å². The van der Waals surface area contributed by atoms with Gasteiger partial charge in [0, 0.05) is 25.2 Å². The van der Waals surface area contributed by atoms with Gasteiger partial charge in [0.2, 0.25) is 21.8 Å². The lowest BCUT2D eigenvalue weighted by Crippen LogP contribution is -2.52. The SMILES string of the molecule is CCNC(=O)[C@H](CC)N(Cc1ccc(F)cc1)C(=O)CN(c1cccc([N+](=O)[O-])c1)S(C)(=O)=O. The number of nitro groups is 1. The molecule has 2 aromatic rings. The lowest BCUT2D eigenvalue weighted by atomic mass is 10.1. The Hall–Kier alpha value is -3.54. The number of hydrogen-bond donors (Lipinski definition) is 1. The van der Waals surface area contributed by atoms with Crippen LogP contribution in [0.5, 0.6) is 0 Å². The molecule has 0 saturated carbocycles. The molecule has 2 aromatic carbocycles. The van der Waals surface area contributed by atoms with Crippen LogP contribution in [-0.4, -0.2) is 55.4 Å². The summed E-state index contributed by atoms with van der Waals surface area (Å²) in [4.78, 5) is 37.8. The van der Waals surface area contributed by atoms with Crippen LogP contribution in [0.4, 0.5) is 15.8 Å². The number of sulfonamides is 1. The Balaban J connectivity index is 2.45. The van der Waals surface area contributed by atoms with Crippen LogP contribution >= 0.6 is 0 Å². The molecule has 0 aliphatic carbocycles. The smallest absolute Gasteiger partial charge is 0.271 e. The quantitative estimate of drug-likeness (QED) is 0.377. The molecule has 0 fully saturated rings. The van der Waals surface area contributed by atoms with Gasteiger partial charge >= 0.3 is 0 Å². The molecule has 0 aliphatic heterocycles. The third-order valence-electron chi connectivity index (χ3n) is 5.01. The molecule has 0 aromatic heterocycles. The van der Waals surface area contributed by atoms with Gasteiger partial charge in [0.25, 0.3) is 5.69 Å². The molecule has 0 heterocycles. The second kappa shape index (κ2) is 11.5. The number of nitrogens with zero attached hydrogens (tertiary/aromatic N) is 3. The summed E-state index contributed by atoms with van der Waals surface area (Å²) in [5, 5.41) is 13.8. The van der Waals surface area contributed by atoms with Gasteiger partial charge in [-0.3, -0.25) is 24.0 Å². The number of anilines is 1. The van der Waals surface area contributed by atoms with E-state index in [1.807, 2.05) is 0 Å². The van der Waals surface area contributed by atoms with Gasteiger partial charge in [-0.1, -0.05) is 25.1 Å². The maximum atomic E-state index is 13.4. The Bertz CT molecular complexity index is 1140. The fourth-order valence-electron chi connectivity index (χ4n) is 3.37. The minimum absolute atomic E-state index is 0.0576. The van der Waals surface area contributed by atoms with Gasteiger partial charge in [-0.05, 0) is 37.1 Å². The largest absolute Gasteiger partial charge is 0.355 e. The molecular formula is C22H27FN4O6S. The highest BCUT2D eigenvalue weighted by atomic mass is 32.2. The summed E-state index contributed by atoms with van der Waals surface area (Å²) in [6, 6.07) is 9.37. The third kappa shape index (κ3) is 6.98. The first-order valence-corrected chi connectivity index (χ1v) is 12.4. The number of nitro benzene ring substituents is 1. The van der Waals surface area contributed by atoms with E-state index in [4.69, 9.17) is 0 Å². The molecule has 184 valence electrons. The van der Waals surface area contributed by atoms with Crippen LogP contribution in [-0.2, 0) is 26.2 Å². The number of nitrogens with one attached hydrogen (secondary N) is 1. The Morgan fingerprint density at radius 2 is 1.79 bits per heavy atom. The Morgan fingerprint density at radius 3 is 2.32 bits per heavy atom. The van der Waals surface area contributed by atoms with Crippen molar-refractivity contribution in [3.63, 3.8) is 0 Å². The summed E-state index contributed by atoms with van der Waals surface area (Å²) in [5.41, 5.74) is 0.145. The van der Waals surface area contributed by atoms with Crippen LogP contribution in [0.15, 0.2) is 48.5 Å². The van der Waals surface area contributed by atoms with Gasteiger partial charge in [0.1, 0.15) is 18.4 Å². The van der Waals surface area contributed by atoms with Gasteiger partial charge in [0.05, 0.1) is 16.9 Å². The van der Waals surface area contributed by atoms with Gasteiger partial charge < -0.3 is 10.2 Å². The number of rotatable bonds is 11. The van der Waals surface area contributed by atoms with Gasteiger partial charge in [-0.15, -0.1) is 0 Å². The molecule has 2 rings (SSSR count). The summed E-state index contributed by atoms with van der Waals surface area (Å²) >= 11 is 0. The number of hydrogen-bond acceptors (Lipinski definition) is 6. The average molecular weight is 495 g/mol. The van der Waals surface area contributed by atoms with Gasteiger partial charge in [-0.2, -0.15) is 0 Å². The standard InChI is InChI=1S/C22H27FN4O6S/c1-4-20(22(29)24-5-2)25(14-16-9-11-17(23)12-10-16)21(28)15-26(34(3,32)33)18-7-6-8-19(13-18)27(30)31/h6-13,20H,4-5,14-15H2,1-3H3,(H,24,29)/t20-/m0/s1. The van der Waals surface area contributed by atoms with Crippen molar-refractivity contribution in [3.05, 3.63) is 70.0 Å². The van der Waals surface area contributed by atoms with Crippen molar-refractivity contribution in [3.8, 4) is 0 Å². The predicted molar refractivity (Wildman–Crippen MR) is 125 cm³/mol. The van der Waals surface area contributed by atoms with Crippen molar-refractivity contribution in [1.29, 1.82) is 0 Å². The summed E-state index contributed by atoms with van der Waals surface area (Å²) in [6.07, 6.45) is 1.12. The second-order valence-corrected chi connectivity index (χ2v) is 9.42. The predicted octanol–water partition coefficient (Wildman–Crippen LogP) is 2.44. The lowest BCUT2D eigenvalue weighted by Gasteiger charge is -2.32. The molecule has 1 N–H and O–H groups in total. The van der Waals surface area contributed by atoms with Gasteiger partial charge in [-0.25, -0.2) is 12.8 Å². The van der Waals surface area contributed by atoms with Crippen molar-refractivity contribution in [2.45, 2.75) is 32.9 Å². The third-order valence-corrected chi connectivity index (χ3v) is 6.15.